The van der Waals surface area contributed by atoms with Gasteiger partial charge in [0.2, 0.25) is 17.6 Å². The van der Waals surface area contributed by atoms with Gasteiger partial charge in [-0.25, -0.2) is 9.18 Å². The van der Waals surface area contributed by atoms with Crippen LogP contribution in [0.25, 0.3) is 11.4 Å². The molecule has 3 aromatic rings. The summed E-state index contributed by atoms with van der Waals surface area (Å²) in [4.78, 5) is 30.1. The molecule has 172 valence electrons. The summed E-state index contributed by atoms with van der Waals surface area (Å²) in [6, 6.07) is 14.3. The van der Waals surface area contributed by atoms with Crippen LogP contribution in [0.2, 0.25) is 0 Å². The van der Waals surface area contributed by atoms with E-state index in [1.165, 1.54) is 12.1 Å². The van der Waals surface area contributed by atoms with E-state index in [-0.39, 0.29) is 23.6 Å². The van der Waals surface area contributed by atoms with Crippen LogP contribution in [0, 0.1) is 5.82 Å². The third-order valence-electron chi connectivity index (χ3n) is 5.80. The van der Waals surface area contributed by atoms with Gasteiger partial charge in [-0.3, -0.25) is 4.79 Å². The minimum absolute atomic E-state index is 0.226. The lowest BCUT2D eigenvalue weighted by atomic mass is 9.96. The van der Waals surface area contributed by atoms with E-state index in [2.05, 4.69) is 26.1 Å². The van der Waals surface area contributed by atoms with Crippen molar-refractivity contribution >= 4 is 11.9 Å². The average Bonchev–Trinajstić information content (AvgIpc) is 3.50. The van der Waals surface area contributed by atoms with Crippen LogP contribution in [0.5, 0.6) is 0 Å². The summed E-state index contributed by atoms with van der Waals surface area (Å²) in [6.07, 6.45) is 2.79. The predicted molar refractivity (Wildman–Crippen MR) is 119 cm³/mol. The molecule has 4 rings (SSSR count). The number of hydrogen-bond donors (Lipinski definition) is 3. The molecule has 0 radical (unpaired) electrons. The van der Waals surface area contributed by atoms with Gasteiger partial charge in [0.15, 0.2) is 0 Å². The molecule has 1 unspecified atom stereocenters. The molecule has 0 aliphatic heterocycles. The lowest BCUT2D eigenvalue weighted by molar-refractivity contribution is -0.128. The highest BCUT2D eigenvalue weighted by Gasteiger charge is 2.43. The highest BCUT2D eigenvalue weighted by atomic mass is 19.1. The van der Waals surface area contributed by atoms with Crippen LogP contribution < -0.4 is 16.0 Å². The second kappa shape index (κ2) is 9.81. The van der Waals surface area contributed by atoms with Crippen molar-refractivity contribution in [2.75, 3.05) is 0 Å². The molecular formula is C24H26FN5O3. The zero-order valence-electron chi connectivity index (χ0n) is 18.3. The molecule has 8 nitrogen and oxygen atoms in total. The van der Waals surface area contributed by atoms with Crippen molar-refractivity contribution in [3.63, 3.8) is 0 Å². The Labute approximate surface area is 191 Å². The Morgan fingerprint density at radius 3 is 2.48 bits per heavy atom. The van der Waals surface area contributed by atoms with Crippen molar-refractivity contribution in [3.05, 3.63) is 71.9 Å². The molecule has 33 heavy (non-hydrogen) atoms. The van der Waals surface area contributed by atoms with E-state index in [4.69, 9.17) is 4.52 Å². The molecule has 0 spiro atoms. The number of rotatable bonds is 7. The van der Waals surface area contributed by atoms with E-state index < -0.39 is 11.6 Å². The summed E-state index contributed by atoms with van der Waals surface area (Å²) in [5, 5.41) is 12.5. The van der Waals surface area contributed by atoms with Gasteiger partial charge in [0.1, 0.15) is 17.4 Å². The molecule has 0 bridgehead atoms. The number of aromatic nitrogens is 2. The smallest absolute Gasteiger partial charge is 0.315 e. The maximum absolute atomic E-state index is 13.2. The molecule has 9 heteroatoms. The lowest BCUT2D eigenvalue weighted by Crippen LogP contribution is -2.59. The van der Waals surface area contributed by atoms with Crippen molar-refractivity contribution in [1.29, 1.82) is 0 Å². The zero-order chi connectivity index (χ0) is 23.3. The van der Waals surface area contributed by atoms with Crippen LogP contribution in [-0.4, -0.2) is 27.6 Å². The monoisotopic (exact) mass is 451 g/mol. The number of carbonyl (C=O) groups excluding carboxylic acids is 2. The minimum atomic E-state index is -0.991. The molecule has 1 heterocycles. The molecule has 1 atom stereocenters. The van der Waals surface area contributed by atoms with Crippen molar-refractivity contribution in [2.24, 2.45) is 0 Å². The fourth-order valence-corrected chi connectivity index (χ4v) is 3.95. The second-order valence-electron chi connectivity index (χ2n) is 8.24. The van der Waals surface area contributed by atoms with E-state index >= 15 is 0 Å². The van der Waals surface area contributed by atoms with E-state index in [0.717, 1.165) is 18.4 Å². The van der Waals surface area contributed by atoms with Gasteiger partial charge in [-0.15, -0.1) is 0 Å². The number of carbonyl (C=O) groups is 2. The first-order valence-electron chi connectivity index (χ1n) is 11.0. The molecule has 1 fully saturated rings. The summed E-state index contributed by atoms with van der Waals surface area (Å²) < 4.78 is 18.4. The lowest BCUT2D eigenvalue weighted by Gasteiger charge is -2.30. The molecule has 1 aliphatic rings. The van der Waals surface area contributed by atoms with Gasteiger partial charge in [-0.05, 0) is 49.6 Å². The Morgan fingerprint density at radius 2 is 1.79 bits per heavy atom. The zero-order valence-corrected chi connectivity index (χ0v) is 18.3. The molecule has 3 N–H and O–H groups in total. The van der Waals surface area contributed by atoms with Gasteiger partial charge in [-0.2, -0.15) is 4.98 Å². The minimum Gasteiger partial charge on any atom is -0.343 e. The quantitative estimate of drug-likeness (QED) is 0.505. The highest BCUT2D eigenvalue weighted by molar-refractivity contribution is 5.91. The van der Waals surface area contributed by atoms with Gasteiger partial charge in [0.05, 0.1) is 0 Å². The van der Waals surface area contributed by atoms with Crippen molar-refractivity contribution in [2.45, 2.75) is 50.7 Å². The maximum Gasteiger partial charge on any atom is 0.315 e. The molecule has 1 aromatic heterocycles. The van der Waals surface area contributed by atoms with E-state index in [1.807, 2.05) is 30.3 Å². The van der Waals surface area contributed by atoms with Crippen LogP contribution in [-0.2, 0) is 11.3 Å². The van der Waals surface area contributed by atoms with Crippen LogP contribution in [0.1, 0.15) is 50.1 Å². The van der Waals surface area contributed by atoms with Gasteiger partial charge in [0.25, 0.3) is 0 Å². The summed E-state index contributed by atoms with van der Waals surface area (Å²) in [7, 11) is 0. The molecule has 0 saturated heterocycles. The number of urea groups is 1. The summed E-state index contributed by atoms with van der Waals surface area (Å²) in [6.45, 7) is 2.10. The number of benzene rings is 2. The van der Waals surface area contributed by atoms with Gasteiger partial charge in [-0.1, -0.05) is 48.3 Å². The number of halogens is 1. The van der Waals surface area contributed by atoms with Crippen molar-refractivity contribution in [3.8, 4) is 11.4 Å². The van der Waals surface area contributed by atoms with Crippen LogP contribution in [0.3, 0.4) is 0 Å². The molecule has 1 aliphatic carbocycles. The number of nitrogens with zero attached hydrogens (tertiary/aromatic N) is 2. The SMILES string of the molecule is CC(NC(=O)C1(NC(=O)NCc2ccccc2)CCCC1)c1nc(-c2ccc(F)cc2)no1. The first-order chi connectivity index (χ1) is 15.9. The van der Waals surface area contributed by atoms with E-state index in [9.17, 15) is 14.0 Å². The number of nitrogens with one attached hydrogen (secondary N) is 3. The van der Waals surface area contributed by atoms with Crippen LogP contribution in [0.4, 0.5) is 9.18 Å². The Kier molecular flexibility index (Phi) is 6.67. The normalized spacial score (nSPS) is 15.6. The van der Waals surface area contributed by atoms with Crippen LogP contribution >= 0.6 is 0 Å². The van der Waals surface area contributed by atoms with E-state index in [1.54, 1.807) is 19.1 Å². The van der Waals surface area contributed by atoms with Gasteiger partial charge < -0.3 is 20.5 Å². The van der Waals surface area contributed by atoms with Gasteiger partial charge in [0, 0.05) is 12.1 Å². The number of hydrogen-bond acceptors (Lipinski definition) is 5. The fourth-order valence-electron chi connectivity index (χ4n) is 3.95. The summed E-state index contributed by atoms with van der Waals surface area (Å²) in [5.41, 5.74) is 0.586. The standard InChI is InChI=1S/C24H26FN5O3/c1-16(21-28-20(30-33-21)18-9-11-19(25)12-10-18)27-22(31)24(13-5-6-14-24)29-23(32)26-15-17-7-3-2-4-8-17/h2-4,7-12,16H,5-6,13-15H2,1H3,(H,27,31)(H2,26,29,32). The first kappa shape index (κ1) is 22.4. The first-order valence-corrected chi connectivity index (χ1v) is 11.0. The average molecular weight is 452 g/mol. The highest BCUT2D eigenvalue weighted by Crippen LogP contribution is 2.31. The maximum atomic E-state index is 13.2. The van der Waals surface area contributed by atoms with Crippen molar-refractivity contribution in [1.82, 2.24) is 26.1 Å². The predicted octanol–water partition coefficient (Wildman–Crippen LogP) is 3.87. The Bertz CT molecular complexity index is 1090. The summed E-state index contributed by atoms with van der Waals surface area (Å²) in [5.74, 6) is -0.112. The Morgan fingerprint density at radius 1 is 1.09 bits per heavy atom. The third-order valence-corrected chi connectivity index (χ3v) is 5.80. The Balaban J connectivity index is 1.38. The molecule has 1 saturated carbocycles. The molecule has 3 amide bonds. The van der Waals surface area contributed by atoms with Crippen LogP contribution in [0.15, 0.2) is 59.1 Å². The molecule has 2 aromatic carbocycles. The second-order valence-corrected chi connectivity index (χ2v) is 8.24. The fraction of sp³-hybridized carbons (Fsp3) is 0.333. The summed E-state index contributed by atoms with van der Waals surface area (Å²) >= 11 is 0. The molecular weight excluding hydrogens is 425 g/mol. The number of amides is 3. The largest absolute Gasteiger partial charge is 0.343 e. The van der Waals surface area contributed by atoms with E-state index in [0.29, 0.717) is 30.8 Å². The topological polar surface area (TPSA) is 109 Å². The third kappa shape index (κ3) is 5.36. The van der Waals surface area contributed by atoms with Crippen molar-refractivity contribution < 1.29 is 18.5 Å². The van der Waals surface area contributed by atoms with Gasteiger partial charge >= 0.3 is 6.03 Å². The Hall–Kier alpha value is -3.75.